The van der Waals surface area contributed by atoms with Crippen molar-refractivity contribution in [2.75, 3.05) is 6.61 Å². The molecule has 6 heteroatoms. The van der Waals surface area contributed by atoms with Gasteiger partial charge in [0.25, 0.3) is 5.69 Å². The van der Waals surface area contributed by atoms with Crippen LogP contribution < -0.4 is 0 Å². The van der Waals surface area contributed by atoms with Crippen molar-refractivity contribution in [2.24, 2.45) is 0 Å². The van der Waals surface area contributed by atoms with Gasteiger partial charge < -0.3 is 4.74 Å². The molecule has 0 fully saturated rings. The van der Waals surface area contributed by atoms with Crippen LogP contribution in [0.1, 0.15) is 31.7 Å². The lowest BCUT2D eigenvalue weighted by atomic mass is 9.95. The van der Waals surface area contributed by atoms with Crippen LogP contribution >= 0.6 is 0 Å². The van der Waals surface area contributed by atoms with Gasteiger partial charge in [-0.05, 0) is 18.4 Å². The number of ketones is 1. The van der Waals surface area contributed by atoms with Crippen LogP contribution in [0.4, 0.5) is 5.69 Å². The van der Waals surface area contributed by atoms with Crippen molar-refractivity contribution >= 4 is 17.4 Å². The zero-order valence-corrected chi connectivity index (χ0v) is 10.8. The average molecular weight is 265 g/mol. The van der Waals surface area contributed by atoms with Gasteiger partial charge in [0.1, 0.15) is 0 Å². The van der Waals surface area contributed by atoms with Crippen LogP contribution in [0.5, 0.6) is 0 Å². The molecule has 1 aromatic carbocycles. The number of nitro benzene ring substituents is 1. The summed E-state index contributed by atoms with van der Waals surface area (Å²) in [5, 5.41) is 10.5. The van der Waals surface area contributed by atoms with E-state index in [4.69, 9.17) is 0 Å². The fourth-order valence-corrected chi connectivity index (χ4v) is 1.62. The molecule has 0 N–H and O–H groups in total. The summed E-state index contributed by atoms with van der Waals surface area (Å²) in [5.74, 6) is -1.62. The minimum Gasteiger partial charge on any atom is -0.460 e. The van der Waals surface area contributed by atoms with Crippen LogP contribution in [-0.2, 0) is 14.3 Å². The van der Waals surface area contributed by atoms with Crippen molar-refractivity contribution in [3.63, 3.8) is 0 Å². The van der Waals surface area contributed by atoms with Crippen LogP contribution in [0.2, 0.25) is 0 Å². The van der Waals surface area contributed by atoms with Gasteiger partial charge in [0.2, 0.25) is 5.78 Å². The molecule has 0 aliphatic carbocycles. The maximum absolute atomic E-state index is 11.5. The first-order chi connectivity index (χ1) is 8.95. The second kappa shape index (κ2) is 6.63. The van der Waals surface area contributed by atoms with Gasteiger partial charge in [0.05, 0.1) is 11.5 Å². The van der Waals surface area contributed by atoms with E-state index in [-0.39, 0.29) is 24.6 Å². The number of carbonyl (C=O) groups is 2. The second-order valence-electron chi connectivity index (χ2n) is 4.10. The summed E-state index contributed by atoms with van der Waals surface area (Å²) in [4.78, 5) is 32.7. The standard InChI is InChI=1S/C13H15NO5/c1-3-19-13(16)12(15)8-9(2)10-4-6-11(7-5-10)14(17)18/h4-7,9H,3,8H2,1-2H3. The van der Waals surface area contributed by atoms with Gasteiger partial charge in [0, 0.05) is 18.6 Å². The van der Waals surface area contributed by atoms with E-state index in [1.54, 1.807) is 26.0 Å². The molecule has 0 saturated carbocycles. The summed E-state index contributed by atoms with van der Waals surface area (Å²) in [5.41, 5.74) is 0.760. The zero-order chi connectivity index (χ0) is 14.4. The molecular weight excluding hydrogens is 250 g/mol. The van der Waals surface area contributed by atoms with E-state index in [1.807, 2.05) is 0 Å². The number of rotatable bonds is 6. The summed E-state index contributed by atoms with van der Waals surface area (Å²) >= 11 is 0. The van der Waals surface area contributed by atoms with Gasteiger partial charge in [-0.2, -0.15) is 0 Å². The highest BCUT2D eigenvalue weighted by Gasteiger charge is 2.19. The van der Waals surface area contributed by atoms with Gasteiger partial charge in [-0.25, -0.2) is 4.79 Å². The van der Waals surface area contributed by atoms with E-state index in [0.717, 1.165) is 5.56 Å². The molecule has 0 saturated heterocycles. The van der Waals surface area contributed by atoms with Gasteiger partial charge in [-0.1, -0.05) is 19.1 Å². The van der Waals surface area contributed by atoms with E-state index in [9.17, 15) is 19.7 Å². The first-order valence-electron chi connectivity index (χ1n) is 5.90. The Morgan fingerprint density at radius 1 is 1.32 bits per heavy atom. The highest BCUT2D eigenvalue weighted by Crippen LogP contribution is 2.22. The molecule has 19 heavy (non-hydrogen) atoms. The Balaban J connectivity index is 2.67. The maximum atomic E-state index is 11.5. The molecule has 0 radical (unpaired) electrons. The van der Waals surface area contributed by atoms with Gasteiger partial charge in [0.15, 0.2) is 0 Å². The normalized spacial score (nSPS) is 11.7. The quantitative estimate of drug-likeness (QED) is 0.340. The van der Waals surface area contributed by atoms with E-state index >= 15 is 0 Å². The van der Waals surface area contributed by atoms with E-state index in [0.29, 0.717) is 0 Å². The van der Waals surface area contributed by atoms with Crippen LogP contribution in [0.3, 0.4) is 0 Å². The van der Waals surface area contributed by atoms with Crippen molar-refractivity contribution in [3.8, 4) is 0 Å². The number of non-ortho nitro benzene ring substituents is 1. The lowest BCUT2D eigenvalue weighted by Crippen LogP contribution is -2.19. The number of hydrogen-bond acceptors (Lipinski definition) is 5. The predicted octanol–water partition coefficient (Wildman–Crippen LogP) is 2.22. The van der Waals surface area contributed by atoms with Gasteiger partial charge >= 0.3 is 5.97 Å². The molecule has 0 bridgehead atoms. The van der Waals surface area contributed by atoms with Crippen molar-refractivity contribution in [3.05, 3.63) is 39.9 Å². The molecule has 0 aliphatic rings. The predicted molar refractivity (Wildman–Crippen MR) is 67.8 cm³/mol. The third kappa shape index (κ3) is 4.17. The molecule has 1 rings (SSSR count). The van der Waals surface area contributed by atoms with Crippen LogP contribution in [0.15, 0.2) is 24.3 Å². The molecule has 0 heterocycles. The number of benzene rings is 1. The van der Waals surface area contributed by atoms with E-state index in [1.165, 1.54) is 12.1 Å². The Hall–Kier alpha value is -2.24. The lowest BCUT2D eigenvalue weighted by molar-refractivity contribution is -0.384. The van der Waals surface area contributed by atoms with Crippen molar-refractivity contribution < 1.29 is 19.2 Å². The Labute approximate surface area is 110 Å². The van der Waals surface area contributed by atoms with E-state index < -0.39 is 16.7 Å². The fourth-order valence-electron chi connectivity index (χ4n) is 1.62. The molecule has 1 unspecified atom stereocenters. The Morgan fingerprint density at radius 3 is 2.37 bits per heavy atom. The first kappa shape index (κ1) is 14.8. The summed E-state index contributed by atoms with van der Waals surface area (Å²) in [7, 11) is 0. The summed E-state index contributed by atoms with van der Waals surface area (Å²) in [6.45, 7) is 3.57. The molecule has 102 valence electrons. The minimum atomic E-state index is -0.837. The first-order valence-corrected chi connectivity index (χ1v) is 5.90. The number of hydrogen-bond donors (Lipinski definition) is 0. The molecule has 0 amide bonds. The minimum absolute atomic E-state index is 0.00679. The third-order valence-corrected chi connectivity index (χ3v) is 2.67. The molecule has 6 nitrogen and oxygen atoms in total. The Bertz CT molecular complexity index is 480. The average Bonchev–Trinajstić information content (AvgIpc) is 2.38. The number of nitro groups is 1. The SMILES string of the molecule is CCOC(=O)C(=O)CC(C)c1ccc([N+](=O)[O-])cc1. The number of ether oxygens (including phenoxy) is 1. The van der Waals surface area contributed by atoms with E-state index in [2.05, 4.69) is 4.74 Å². The van der Waals surface area contributed by atoms with Crippen molar-refractivity contribution in [1.82, 2.24) is 0 Å². The fraction of sp³-hybridized carbons (Fsp3) is 0.385. The maximum Gasteiger partial charge on any atom is 0.374 e. The van der Waals surface area contributed by atoms with Crippen LogP contribution in [0, 0.1) is 10.1 Å². The van der Waals surface area contributed by atoms with Crippen molar-refractivity contribution in [1.29, 1.82) is 0 Å². The highest BCUT2D eigenvalue weighted by atomic mass is 16.6. The lowest BCUT2D eigenvalue weighted by Gasteiger charge is -2.10. The van der Waals surface area contributed by atoms with Crippen LogP contribution in [-0.4, -0.2) is 23.3 Å². The molecule has 1 aromatic rings. The van der Waals surface area contributed by atoms with Crippen molar-refractivity contribution in [2.45, 2.75) is 26.2 Å². The van der Waals surface area contributed by atoms with Gasteiger partial charge in [-0.3, -0.25) is 14.9 Å². The summed E-state index contributed by atoms with van der Waals surface area (Å²) in [6, 6.07) is 5.92. The molecule has 0 spiro atoms. The third-order valence-electron chi connectivity index (χ3n) is 2.67. The zero-order valence-electron chi connectivity index (χ0n) is 10.8. The topological polar surface area (TPSA) is 86.5 Å². The number of esters is 1. The molecule has 1 atom stereocenters. The van der Waals surface area contributed by atoms with Crippen LogP contribution in [0.25, 0.3) is 0 Å². The number of Topliss-reactive ketones (excluding diaryl/α,β-unsaturated/α-hetero) is 1. The molecular formula is C13H15NO5. The largest absolute Gasteiger partial charge is 0.460 e. The second-order valence-corrected chi connectivity index (χ2v) is 4.10. The Morgan fingerprint density at radius 2 is 1.89 bits per heavy atom. The molecule has 0 aromatic heterocycles. The number of carbonyl (C=O) groups excluding carboxylic acids is 2. The monoisotopic (exact) mass is 265 g/mol. The highest BCUT2D eigenvalue weighted by molar-refractivity contribution is 6.33. The smallest absolute Gasteiger partial charge is 0.374 e. The molecule has 0 aliphatic heterocycles. The Kier molecular flexibility index (Phi) is 5.17. The summed E-state index contributed by atoms with van der Waals surface area (Å²) < 4.78 is 4.61. The van der Waals surface area contributed by atoms with Gasteiger partial charge in [-0.15, -0.1) is 0 Å². The number of nitrogens with zero attached hydrogens (tertiary/aromatic N) is 1. The summed E-state index contributed by atoms with van der Waals surface area (Å²) in [6.07, 6.45) is 0.0244.